The Morgan fingerprint density at radius 3 is 2.64 bits per heavy atom. The van der Waals surface area contributed by atoms with Crippen LogP contribution in [0.1, 0.15) is 19.8 Å². The van der Waals surface area contributed by atoms with Gasteiger partial charge in [-0.15, -0.1) is 0 Å². The van der Waals surface area contributed by atoms with E-state index in [1.165, 1.54) is 11.4 Å². The molecule has 0 aromatic carbocycles. The molecule has 2 rings (SSSR count). The highest BCUT2D eigenvalue weighted by molar-refractivity contribution is 6.06. The highest BCUT2D eigenvalue weighted by Crippen LogP contribution is 2.41. The maximum absolute atomic E-state index is 11.0. The van der Waals surface area contributed by atoms with Gasteiger partial charge in [-0.1, -0.05) is 6.92 Å². The van der Waals surface area contributed by atoms with Crippen molar-refractivity contribution < 1.29 is 4.79 Å². The summed E-state index contributed by atoms with van der Waals surface area (Å²) in [6, 6.07) is 0. The van der Waals surface area contributed by atoms with Crippen LogP contribution in [0.15, 0.2) is 5.10 Å². The van der Waals surface area contributed by atoms with Crippen molar-refractivity contribution in [3.05, 3.63) is 0 Å². The van der Waals surface area contributed by atoms with Crippen molar-refractivity contribution in [2.45, 2.75) is 19.8 Å². The smallest absolute Gasteiger partial charge is 0.248 e. The number of amides is 1. The van der Waals surface area contributed by atoms with E-state index in [-0.39, 0.29) is 5.91 Å². The predicted octanol–water partition coefficient (Wildman–Crippen LogP) is 0.860. The van der Waals surface area contributed by atoms with Crippen molar-refractivity contribution in [1.82, 2.24) is 5.01 Å². The quantitative estimate of drug-likeness (QED) is 0.548. The molecule has 1 fully saturated rings. The first-order chi connectivity index (χ1) is 5.18. The largest absolute Gasteiger partial charge is 0.273 e. The predicted molar refractivity (Wildman–Crippen MR) is 42.1 cm³/mol. The van der Waals surface area contributed by atoms with Crippen LogP contribution in [0, 0.1) is 11.8 Å². The van der Waals surface area contributed by atoms with Gasteiger partial charge in [0.05, 0.1) is 12.1 Å². The zero-order valence-electron chi connectivity index (χ0n) is 6.87. The summed E-state index contributed by atoms with van der Waals surface area (Å²) in [5.41, 5.74) is 1.10. The third kappa shape index (κ3) is 1.04. The molecule has 1 amide bonds. The molecule has 1 heterocycles. The third-order valence-electron chi connectivity index (χ3n) is 2.51. The van der Waals surface area contributed by atoms with Crippen molar-refractivity contribution in [1.29, 1.82) is 0 Å². The second kappa shape index (κ2) is 2.06. The Hall–Kier alpha value is -0.860. The maximum Gasteiger partial charge on any atom is 0.248 e. The number of hydrogen-bond acceptors (Lipinski definition) is 2. The summed E-state index contributed by atoms with van der Waals surface area (Å²) in [5, 5.41) is 5.64. The third-order valence-corrected chi connectivity index (χ3v) is 2.51. The van der Waals surface area contributed by atoms with Gasteiger partial charge in [-0.3, -0.25) is 4.79 Å². The van der Waals surface area contributed by atoms with Crippen LogP contribution < -0.4 is 0 Å². The molecule has 0 bridgehead atoms. The minimum Gasteiger partial charge on any atom is -0.273 e. The standard InChI is InChI=1S/C8H12N2O/c1-5-3-6(5)7-4-8(11)10(2)9-7/h5-6H,3-4H2,1-2H3. The van der Waals surface area contributed by atoms with E-state index in [1.807, 2.05) is 0 Å². The summed E-state index contributed by atoms with van der Waals surface area (Å²) in [6.45, 7) is 2.20. The molecule has 2 unspecified atom stereocenters. The molecule has 0 aromatic rings. The number of hydrazone groups is 1. The molecule has 2 atom stereocenters. The molecule has 60 valence electrons. The Morgan fingerprint density at radius 2 is 2.27 bits per heavy atom. The van der Waals surface area contributed by atoms with E-state index in [0.29, 0.717) is 12.3 Å². The minimum atomic E-state index is 0.138. The summed E-state index contributed by atoms with van der Waals surface area (Å²) < 4.78 is 0. The first-order valence-electron chi connectivity index (χ1n) is 4.02. The lowest BCUT2D eigenvalue weighted by Gasteiger charge is -1.98. The average Bonchev–Trinajstić information content (AvgIpc) is 2.56. The zero-order chi connectivity index (χ0) is 8.01. The molecule has 2 aliphatic rings. The fourth-order valence-corrected chi connectivity index (χ4v) is 1.54. The van der Waals surface area contributed by atoms with Gasteiger partial charge in [0, 0.05) is 13.0 Å². The lowest BCUT2D eigenvalue weighted by molar-refractivity contribution is -0.127. The van der Waals surface area contributed by atoms with Crippen molar-refractivity contribution in [3.63, 3.8) is 0 Å². The molecule has 0 aromatic heterocycles. The molecule has 1 saturated carbocycles. The van der Waals surface area contributed by atoms with E-state index in [9.17, 15) is 4.79 Å². The Bertz CT molecular complexity index is 234. The van der Waals surface area contributed by atoms with Crippen molar-refractivity contribution in [2.75, 3.05) is 7.05 Å². The van der Waals surface area contributed by atoms with Gasteiger partial charge in [-0.05, 0) is 12.3 Å². The van der Waals surface area contributed by atoms with Gasteiger partial charge in [-0.2, -0.15) is 5.10 Å². The van der Waals surface area contributed by atoms with E-state index in [2.05, 4.69) is 12.0 Å². The minimum absolute atomic E-state index is 0.138. The van der Waals surface area contributed by atoms with E-state index in [4.69, 9.17) is 0 Å². The summed E-state index contributed by atoms with van der Waals surface area (Å²) in [7, 11) is 1.72. The summed E-state index contributed by atoms with van der Waals surface area (Å²) in [4.78, 5) is 11.0. The van der Waals surface area contributed by atoms with Crippen molar-refractivity contribution >= 4 is 11.6 Å². The number of rotatable bonds is 1. The van der Waals surface area contributed by atoms with Crippen LogP contribution in [-0.2, 0) is 4.79 Å². The molecule has 1 aliphatic heterocycles. The molecule has 11 heavy (non-hydrogen) atoms. The second-order valence-electron chi connectivity index (χ2n) is 3.50. The highest BCUT2D eigenvalue weighted by Gasteiger charge is 2.40. The number of carbonyl (C=O) groups excluding carboxylic acids is 1. The van der Waals surface area contributed by atoms with Crippen LogP contribution in [-0.4, -0.2) is 23.7 Å². The van der Waals surface area contributed by atoms with Crippen LogP contribution in [0.2, 0.25) is 0 Å². The first kappa shape index (κ1) is 6.83. The van der Waals surface area contributed by atoms with Gasteiger partial charge < -0.3 is 0 Å². The Balaban J connectivity index is 2.07. The van der Waals surface area contributed by atoms with E-state index in [1.54, 1.807) is 7.05 Å². The van der Waals surface area contributed by atoms with Crippen LogP contribution in [0.3, 0.4) is 0 Å². The van der Waals surface area contributed by atoms with Crippen LogP contribution >= 0.6 is 0 Å². The second-order valence-corrected chi connectivity index (χ2v) is 3.50. The lowest BCUT2D eigenvalue weighted by atomic mass is 10.1. The Labute approximate surface area is 66.1 Å². The molecule has 0 N–H and O–H groups in total. The lowest BCUT2D eigenvalue weighted by Crippen LogP contribution is -2.14. The summed E-state index contributed by atoms with van der Waals surface area (Å²) in [5.74, 6) is 1.51. The molecule has 3 heteroatoms. The molecule has 0 saturated heterocycles. The zero-order valence-corrected chi connectivity index (χ0v) is 6.87. The molecular formula is C8H12N2O. The van der Waals surface area contributed by atoms with E-state index < -0.39 is 0 Å². The topological polar surface area (TPSA) is 32.7 Å². The SMILES string of the molecule is CC1CC1C1=NN(C)C(=O)C1. The Morgan fingerprint density at radius 1 is 1.64 bits per heavy atom. The maximum atomic E-state index is 11.0. The fraction of sp³-hybridized carbons (Fsp3) is 0.750. The monoisotopic (exact) mass is 152 g/mol. The molecular weight excluding hydrogens is 140 g/mol. The van der Waals surface area contributed by atoms with Crippen LogP contribution in [0.25, 0.3) is 0 Å². The molecule has 3 nitrogen and oxygen atoms in total. The number of carbonyl (C=O) groups is 1. The Kier molecular flexibility index (Phi) is 1.28. The van der Waals surface area contributed by atoms with Gasteiger partial charge in [0.2, 0.25) is 5.91 Å². The van der Waals surface area contributed by atoms with Crippen LogP contribution in [0.4, 0.5) is 0 Å². The van der Waals surface area contributed by atoms with Gasteiger partial charge >= 0.3 is 0 Å². The number of nitrogens with zero attached hydrogens (tertiary/aromatic N) is 2. The fourth-order valence-electron chi connectivity index (χ4n) is 1.54. The van der Waals surface area contributed by atoms with Gasteiger partial charge in [0.25, 0.3) is 0 Å². The average molecular weight is 152 g/mol. The molecule has 0 radical (unpaired) electrons. The van der Waals surface area contributed by atoms with Gasteiger partial charge in [0.15, 0.2) is 0 Å². The van der Waals surface area contributed by atoms with Crippen molar-refractivity contribution in [2.24, 2.45) is 16.9 Å². The van der Waals surface area contributed by atoms with Gasteiger partial charge in [0.1, 0.15) is 0 Å². The van der Waals surface area contributed by atoms with E-state index >= 15 is 0 Å². The molecule has 0 spiro atoms. The van der Waals surface area contributed by atoms with Crippen LogP contribution in [0.5, 0.6) is 0 Å². The normalized spacial score (nSPS) is 36.0. The summed E-state index contributed by atoms with van der Waals surface area (Å²) in [6.07, 6.45) is 1.78. The first-order valence-corrected chi connectivity index (χ1v) is 4.02. The van der Waals surface area contributed by atoms with Crippen molar-refractivity contribution in [3.8, 4) is 0 Å². The summed E-state index contributed by atoms with van der Waals surface area (Å²) >= 11 is 0. The number of hydrogen-bond donors (Lipinski definition) is 0. The molecule has 1 aliphatic carbocycles. The van der Waals surface area contributed by atoms with E-state index in [0.717, 1.165) is 11.6 Å². The van der Waals surface area contributed by atoms with Gasteiger partial charge in [-0.25, -0.2) is 5.01 Å². The highest BCUT2D eigenvalue weighted by atomic mass is 16.2.